The van der Waals surface area contributed by atoms with E-state index in [0.29, 0.717) is 6.42 Å². The molecule has 0 spiro atoms. The molecule has 80 valence electrons. The zero-order valence-electron chi connectivity index (χ0n) is 8.29. The van der Waals surface area contributed by atoms with Gasteiger partial charge in [-0.2, -0.15) is 0 Å². The number of rotatable bonds is 3. The summed E-state index contributed by atoms with van der Waals surface area (Å²) in [6.45, 7) is 1.68. The maximum Gasteiger partial charge on any atom is 0.224 e. The van der Waals surface area contributed by atoms with Crippen molar-refractivity contribution >= 4 is 5.91 Å². The summed E-state index contributed by atoms with van der Waals surface area (Å²) < 4.78 is 12.6. The van der Waals surface area contributed by atoms with E-state index < -0.39 is 0 Å². The van der Waals surface area contributed by atoms with Crippen LogP contribution in [0, 0.1) is 5.82 Å². The first-order chi connectivity index (χ1) is 7.24. The Hall–Kier alpha value is -1.42. The highest BCUT2D eigenvalue weighted by Gasteiger charge is 2.18. The molecular weight excluding hydrogens is 195 g/mol. The van der Waals surface area contributed by atoms with Crippen molar-refractivity contribution in [2.24, 2.45) is 0 Å². The van der Waals surface area contributed by atoms with Gasteiger partial charge in [-0.3, -0.25) is 4.79 Å². The lowest BCUT2D eigenvalue weighted by molar-refractivity contribution is -0.121. The van der Waals surface area contributed by atoms with E-state index in [1.54, 1.807) is 12.1 Å². The van der Waals surface area contributed by atoms with E-state index in [-0.39, 0.29) is 17.8 Å². The third kappa shape index (κ3) is 2.76. The Labute approximate surface area is 87.7 Å². The summed E-state index contributed by atoms with van der Waals surface area (Å²) in [6.07, 6.45) is 0.316. The molecule has 0 saturated carbocycles. The summed E-state index contributed by atoms with van der Waals surface area (Å²) in [5.74, 6) is -0.282. The molecule has 1 aliphatic rings. The summed E-state index contributed by atoms with van der Waals surface area (Å²) >= 11 is 0. The van der Waals surface area contributed by atoms with Gasteiger partial charge < -0.3 is 10.6 Å². The number of benzene rings is 1. The first kappa shape index (κ1) is 10.1. The Bertz CT molecular complexity index is 346. The second kappa shape index (κ2) is 4.40. The summed E-state index contributed by atoms with van der Waals surface area (Å²) in [6, 6.07) is 6.26. The molecular formula is C11H13FN2O. The quantitative estimate of drug-likeness (QED) is 0.757. The van der Waals surface area contributed by atoms with Gasteiger partial charge in [0.15, 0.2) is 0 Å². The van der Waals surface area contributed by atoms with Gasteiger partial charge in [0.05, 0.1) is 12.5 Å². The van der Waals surface area contributed by atoms with Crippen LogP contribution in [0.5, 0.6) is 0 Å². The molecule has 2 rings (SSSR count). The van der Waals surface area contributed by atoms with Crippen molar-refractivity contribution in [2.75, 3.05) is 13.1 Å². The van der Waals surface area contributed by atoms with Crippen LogP contribution in [-0.2, 0) is 11.2 Å². The lowest BCUT2D eigenvalue weighted by atomic mass is 10.1. The molecule has 15 heavy (non-hydrogen) atoms. The van der Waals surface area contributed by atoms with Gasteiger partial charge in [0.1, 0.15) is 5.82 Å². The third-order valence-electron chi connectivity index (χ3n) is 2.42. The molecule has 0 unspecified atom stereocenters. The number of hydrogen-bond acceptors (Lipinski definition) is 2. The molecule has 1 fully saturated rings. The van der Waals surface area contributed by atoms with Gasteiger partial charge >= 0.3 is 0 Å². The lowest BCUT2D eigenvalue weighted by Gasteiger charge is -2.27. The van der Waals surface area contributed by atoms with Gasteiger partial charge in [-0.1, -0.05) is 12.1 Å². The zero-order chi connectivity index (χ0) is 10.7. The van der Waals surface area contributed by atoms with Crippen LogP contribution in [0.2, 0.25) is 0 Å². The summed E-state index contributed by atoms with van der Waals surface area (Å²) in [7, 11) is 0. The van der Waals surface area contributed by atoms with Crippen molar-refractivity contribution in [1.29, 1.82) is 0 Å². The van der Waals surface area contributed by atoms with Crippen molar-refractivity contribution in [1.82, 2.24) is 10.6 Å². The van der Waals surface area contributed by atoms with E-state index in [2.05, 4.69) is 10.6 Å². The first-order valence-corrected chi connectivity index (χ1v) is 4.98. The number of carbonyl (C=O) groups excluding carboxylic acids is 1. The minimum absolute atomic E-state index is 0.00638. The van der Waals surface area contributed by atoms with E-state index in [9.17, 15) is 9.18 Å². The standard InChI is InChI=1S/C11H13FN2O/c12-9-3-1-8(2-4-9)5-11(15)14-10-6-13-7-10/h1-4,10,13H,5-7H2,(H,14,15). The molecule has 0 bridgehead atoms. The molecule has 0 radical (unpaired) electrons. The van der Waals surface area contributed by atoms with E-state index in [1.165, 1.54) is 12.1 Å². The molecule has 3 nitrogen and oxygen atoms in total. The van der Waals surface area contributed by atoms with Crippen LogP contribution in [-0.4, -0.2) is 25.0 Å². The monoisotopic (exact) mass is 208 g/mol. The molecule has 1 aromatic rings. The smallest absolute Gasteiger partial charge is 0.224 e. The van der Waals surface area contributed by atoms with E-state index >= 15 is 0 Å². The molecule has 1 aliphatic heterocycles. The lowest BCUT2D eigenvalue weighted by Crippen LogP contribution is -2.57. The van der Waals surface area contributed by atoms with Crippen molar-refractivity contribution < 1.29 is 9.18 Å². The SMILES string of the molecule is O=C(Cc1ccc(F)cc1)NC1CNC1. The predicted octanol–water partition coefficient (Wildman–Crippen LogP) is 0.456. The molecule has 2 N–H and O–H groups in total. The second-order valence-corrected chi connectivity index (χ2v) is 3.73. The van der Waals surface area contributed by atoms with Crippen molar-refractivity contribution in [2.45, 2.75) is 12.5 Å². The molecule has 1 heterocycles. The Balaban J connectivity index is 1.84. The number of carbonyl (C=O) groups is 1. The van der Waals surface area contributed by atoms with Crippen LogP contribution in [0.4, 0.5) is 4.39 Å². The Kier molecular flexibility index (Phi) is 2.97. The van der Waals surface area contributed by atoms with Crippen molar-refractivity contribution in [3.05, 3.63) is 35.6 Å². The molecule has 0 aromatic heterocycles. The number of amides is 1. The summed E-state index contributed by atoms with van der Waals surface area (Å²) in [5, 5.41) is 5.96. The fourth-order valence-corrected chi connectivity index (χ4v) is 1.46. The predicted molar refractivity (Wildman–Crippen MR) is 54.9 cm³/mol. The van der Waals surface area contributed by atoms with E-state index in [4.69, 9.17) is 0 Å². The fraction of sp³-hybridized carbons (Fsp3) is 0.364. The Morgan fingerprint density at radius 2 is 2.07 bits per heavy atom. The fourth-order valence-electron chi connectivity index (χ4n) is 1.46. The largest absolute Gasteiger partial charge is 0.351 e. The van der Waals surface area contributed by atoms with Gasteiger partial charge in [-0.25, -0.2) is 4.39 Å². The number of nitrogens with one attached hydrogen (secondary N) is 2. The zero-order valence-corrected chi connectivity index (χ0v) is 8.29. The summed E-state index contributed by atoms with van der Waals surface area (Å²) in [4.78, 5) is 11.5. The van der Waals surface area contributed by atoms with Crippen molar-refractivity contribution in [3.63, 3.8) is 0 Å². The molecule has 0 aliphatic carbocycles. The van der Waals surface area contributed by atoms with Gasteiger partial charge in [0.2, 0.25) is 5.91 Å². The van der Waals surface area contributed by atoms with Crippen LogP contribution in [0.1, 0.15) is 5.56 Å². The number of hydrogen-bond donors (Lipinski definition) is 2. The maximum atomic E-state index is 12.6. The van der Waals surface area contributed by atoms with Gasteiger partial charge in [-0.15, -0.1) is 0 Å². The average Bonchev–Trinajstić information content (AvgIpc) is 2.16. The molecule has 4 heteroatoms. The van der Waals surface area contributed by atoms with Crippen LogP contribution < -0.4 is 10.6 Å². The van der Waals surface area contributed by atoms with Gasteiger partial charge in [0.25, 0.3) is 0 Å². The highest BCUT2D eigenvalue weighted by molar-refractivity contribution is 5.79. The van der Waals surface area contributed by atoms with Crippen LogP contribution in [0.15, 0.2) is 24.3 Å². The third-order valence-corrected chi connectivity index (χ3v) is 2.42. The van der Waals surface area contributed by atoms with Gasteiger partial charge in [0, 0.05) is 13.1 Å². The average molecular weight is 208 g/mol. The van der Waals surface area contributed by atoms with Crippen LogP contribution in [0.3, 0.4) is 0 Å². The minimum Gasteiger partial charge on any atom is -0.351 e. The Morgan fingerprint density at radius 1 is 1.40 bits per heavy atom. The van der Waals surface area contributed by atoms with E-state index in [0.717, 1.165) is 18.7 Å². The second-order valence-electron chi connectivity index (χ2n) is 3.73. The molecule has 1 aromatic carbocycles. The highest BCUT2D eigenvalue weighted by Crippen LogP contribution is 2.03. The highest BCUT2D eigenvalue weighted by atomic mass is 19.1. The summed E-state index contributed by atoms with van der Waals surface area (Å²) in [5.41, 5.74) is 0.834. The molecule has 0 atom stereocenters. The topological polar surface area (TPSA) is 41.1 Å². The minimum atomic E-state index is -0.276. The molecule has 1 saturated heterocycles. The van der Waals surface area contributed by atoms with Crippen LogP contribution in [0.25, 0.3) is 0 Å². The normalized spacial score (nSPS) is 15.8. The van der Waals surface area contributed by atoms with Gasteiger partial charge in [-0.05, 0) is 17.7 Å². The van der Waals surface area contributed by atoms with Crippen LogP contribution >= 0.6 is 0 Å². The van der Waals surface area contributed by atoms with E-state index in [1.807, 2.05) is 0 Å². The van der Waals surface area contributed by atoms with Crippen molar-refractivity contribution in [3.8, 4) is 0 Å². The first-order valence-electron chi connectivity index (χ1n) is 4.98. The maximum absolute atomic E-state index is 12.6. The molecule has 1 amide bonds. The Morgan fingerprint density at radius 3 is 2.60 bits per heavy atom. The number of halogens is 1.